The van der Waals surface area contributed by atoms with Crippen molar-refractivity contribution in [2.75, 3.05) is 5.73 Å². The number of hydrogen-bond acceptors (Lipinski definition) is 7. The van der Waals surface area contributed by atoms with Crippen molar-refractivity contribution in [2.45, 2.75) is 13.1 Å². The zero-order valence-electron chi connectivity index (χ0n) is 11.0. The SMILES string of the molecule is Cc1csc(-c2cc(N)nc(-c3nc(C(F)(F)F)cs3)n2)n1. The minimum absolute atomic E-state index is 0.0587. The van der Waals surface area contributed by atoms with Gasteiger partial charge < -0.3 is 5.73 Å². The van der Waals surface area contributed by atoms with Crippen LogP contribution in [0.25, 0.3) is 21.5 Å². The molecule has 5 nitrogen and oxygen atoms in total. The maximum atomic E-state index is 12.6. The molecule has 3 rings (SSSR count). The molecule has 0 amide bonds. The van der Waals surface area contributed by atoms with E-state index in [0.29, 0.717) is 10.7 Å². The predicted molar refractivity (Wildman–Crippen MR) is 78.4 cm³/mol. The number of rotatable bonds is 2. The molecule has 22 heavy (non-hydrogen) atoms. The van der Waals surface area contributed by atoms with Gasteiger partial charge in [-0.3, -0.25) is 0 Å². The van der Waals surface area contributed by atoms with Gasteiger partial charge in [0, 0.05) is 22.5 Å². The molecular weight excluding hydrogens is 335 g/mol. The van der Waals surface area contributed by atoms with Crippen molar-refractivity contribution in [2.24, 2.45) is 0 Å². The minimum Gasteiger partial charge on any atom is -0.384 e. The van der Waals surface area contributed by atoms with E-state index in [0.717, 1.165) is 22.4 Å². The number of nitrogen functional groups attached to an aromatic ring is 1. The summed E-state index contributed by atoms with van der Waals surface area (Å²) < 4.78 is 37.8. The molecule has 10 heteroatoms. The molecule has 2 N–H and O–H groups in total. The molecule has 0 bridgehead atoms. The average molecular weight is 343 g/mol. The zero-order chi connectivity index (χ0) is 15.9. The van der Waals surface area contributed by atoms with Crippen molar-refractivity contribution in [3.8, 4) is 21.5 Å². The van der Waals surface area contributed by atoms with E-state index in [2.05, 4.69) is 19.9 Å². The first kappa shape index (κ1) is 14.9. The third kappa shape index (κ3) is 2.92. The second-order valence-electron chi connectivity index (χ2n) is 4.33. The quantitative estimate of drug-likeness (QED) is 0.769. The lowest BCUT2D eigenvalue weighted by Gasteiger charge is -2.02. The van der Waals surface area contributed by atoms with Crippen LogP contribution in [0, 0.1) is 6.92 Å². The van der Waals surface area contributed by atoms with Crippen molar-refractivity contribution >= 4 is 28.5 Å². The van der Waals surface area contributed by atoms with Crippen LogP contribution < -0.4 is 5.73 Å². The lowest BCUT2D eigenvalue weighted by molar-refractivity contribution is -0.140. The molecule has 0 spiro atoms. The number of aromatic nitrogens is 4. The molecule has 0 aliphatic rings. The molecule has 0 saturated carbocycles. The van der Waals surface area contributed by atoms with Gasteiger partial charge in [0.1, 0.15) is 16.5 Å². The Kier molecular flexibility index (Phi) is 3.57. The standard InChI is InChI=1S/C12H8F3N5S2/c1-5-3-21-10(17-5)6-2-8(16)20-9(18-6)11-19-7(4-22-11)12(13,14)15/h2-4H,1H3,(H2,16,18,20). The van der Waals surface area contributed by atoms with E-state index in [1.165, 1.54) is 17.4 Å². The second kappa shape index (κ2) is 5.29. The van der Waals surface area contributed by atoms with Crippen LogP contribution in [0.1, 0.15) is 11.4 Å². The molecule has 0 atom stereocenters. The summed E-state index contributed by atoms with van der Waals surface area (Å²) >= 11 is 2.19. The van der Waals surface area contributed by atoms with Crippen LogP contribution in [0.3, 0.4) is 0 Å². The normalized spacial score (nSPS) is 11.8. The first-order valence-electron chi connectivity index (χ1n) is 5.93. The average Bonchev–Trinajstić information content (AvgIpc) is 3.05. The van der Waals surface area contributed by atoms with Gasteiger partial charge in [0.25, 0.3) is 0 Å². The highest BCUT2D eigenvalue weighted by atomic mass is 32.1. The largest absolute Gasteiger partial charge is 0.434 e. The monoisotopic (exact) mass is 343 g/mol. The first-order chi connectivity index (χ1) is 10.3. The van der Waals surface area contributed by atoms with E-state index < -0.39 is 11.9 Å². The molecule has 0 radical (unpaired) electrons. The minimum atomic E-state index is -4.50. The number of aryl methyl sites for hydroxylation is 1. The molecule has 0 fully saturated rings. The Balaban J connectivity index is 2.04. The maximum Gasteiger partial charge on any atom is 0.434 e. The topological polar surface area (TPSA) is 77.6 Å². The van der Waals surface area contributed by atoms with Crippen LogP contribution in [-0.2, 0) is 6.18 Å². The van der Waals surface area contributed by atoms with Gasteiger partial charge in [-0.1, -0.05) is 0 Å². The summed E-state index contributed by atoms with van der Waals surface area (Å²) in [6.07, 6.45) is -4.50. The molecule has 3 heterocycles. The van der Waals surface area contributed by atoms with E-state index in [1.807, 2.05) is 12.3 Å². The Morgan fingerprint density at radius 2 is 1.73 bits per heavy atom. The van der Waals surface area contributed by atoms with E-state index >= 15 is 0 Å². The van der Waals surface area contributed by atoms with E-state index in [1.54, 1.807) is 0 Å². The molecule has 0 aliphatic heterocycles. The molecular formula is C12H8F3N5S2. The van der Waals surface area contributed by atoms with E-state index in [9.17, 15) is 13.2 Å². The lowest BCUT2D eigenvalue weighted by atomic mass is 10.4. The number of anilines is 1. The van der Waals surface area contributed by atoms with E-state index in [-0.39, 0.29) is 16.6 Å². The molecule has 0 saturated heterocycles. The van der Waals surface area contributed by atoms with Crippen LogP contribution in [0.4, 0.5) is 19.0 Å². The summed E-state index contributed by atoms with van der Waals surface area (Å²) in [6.45, 7) is 1.84. The number of hydrogen-bond donors (Lipinski definition) is 1. The van der Waals surface area contributed by atoms with Gasteiger partial charge in [-0.05, 0) is 6.92 Å². The smallest absolute Gasteiger partial charge is 0.384 e. The molecule has 3 aromatic heterocycles. The van der Waals surface area contributed by atoms with Gasteiger partial charge >= 0.3 is 6.18 Å². The number of nitrogens with zero attached hydrogens (tertiary/aromatic N) is 4. The van der Waals surface area contributed by atoms with Gasteiger partial charge in [0.05, 0.1) is 0 Å². The number of halogens is 3. The van der Waals surface area contributed by atoms with Crippen molar-refractivity contribution in [3.05, 3.63) is 28.2 Å². The third-order valence-corrected chi connectivity index (χ3v) is 4.39. The first-order valence-corrected chi connectivity index (χ1v) is 7.69. The molecule has 3 aromatic rings. The molecule has 0 aromatic carbocycles. The van der Waals surface area contributed by atoms with Gasteiger partial charge in [0.2, 0.25) is 0 Å². The fourth-order valence-electron chi connectivity index (χ4n) is 1.65. The van der Waals surface area contributed by atoms with Crippen molar-refractivity contribution in [1.29, 1.82) is 0 Å². The lowest BCUT2D eigenvalue weighted by Crippen LogP contribution is -2.05. The van der Waals surface area contributed by atoms with Crippen LogP contribution in [0.2, 0.25) is 0 Å². The Hall–Kier alpha value is -2.07. The number of alkyl halides is 3. The van der Waals surface area contributed by atoms with Crippen LogP contribution >= 0.6 is 22.7 Å². The van der Waals surface area contributed by atoms with Crippen LogP contribution in [-0.4, -0.2) is 19.9 Å². The summed E-state index contributed by atoms with van der Waals surface area (Å²) in [5.41, 5.74) is 6.04. The molecule has 0 unspecified atom stereocenters. The Labute approximate surface area is 130 Å². The van der Waals surface area contributed by atoms with Gasteiger partial charge in [-0.2, -0.15) is 13.2 Å². The maximum absolute atomic E-state index is 12.6. The summed E-state index contributed by atoms with van der Waals surface area (Å²) in [6, 6.07) is 1.53. The summed E-state index contributed by atoms with van der Waals surface area (Å²) in [4.78, 5) is 16.0. The van der Waals surface area contributed by atoms with Crippen molar-refractivity contribution in [1.82, 2.24) is 19.9 Å². The summed E-state index contributed by atoms with van der Waals surface area (Å²) in [5.74, 6) is 0.208. The second-order valence-corrected chi connectivity index (χ2v) is 6.05. The van der Waals surface area contributed by atoms with Crippen molar-refractivity contribution < 1.29 is 13.2 Å². The fraction of sp³-hybridized carbons (Fsp3) is 0.167. The Morgan fingerprint density at radius 3 is 2.32 bits per heavy atom. The molecule has 0 aliphatic carbocycles. The van der Waals surface area contributed by atoms with Crippen LogP contribution in [0.5, 0.6) is 0 Å². The Bertz CT molecular complexity index is 824. The Morgan fingerprint density at radius 1 is 1.00 bits per heavy atom. The highest BCUT2D eigenvalue weighted by Gasteiger charge is 2.34. The van der Waals surface area contributed by atoms with Crippen LogP contribution in [0.15, 0.2) is 16.8 Å². The fourth-order valence-corrected chi connectivity index (χ4v) is 3.16. The third-order valence-electron chi connectivity index (χ3n) is 2.57. The predicted octanol–water partition coefficient (Wildman–Crippen LogP) is 3.63. The van der Waals surface area contributed by atoms with Gasteiger partial charge in [-0.25, -0.2) is 19.9 Å². The highest BCUT2D eigenvalue weighted by Crippen LogP contribution is 2.33. The van der Waals surface area contributed by atoms with E-state index in [4.69, 9.17) is 5.73 Å². The van der Waals surface area contributed by atoms with Crippen molar-refractivity contribution in [3.63, 3.8) is 0 Å². The summed E-state index contributed by atoms with van der Waals surface area (Å²) in [5, 5.41) is 3.46. The van der Waals surface area contributed by atoms with Gasteiger partial charge in [-0.15, -0.1) is 22.7 Å². The molecule has 114 valence electrons. The summed E-state index contributed by atoms with van der Waals surface area (Å²) in [7, 11) is 0. The zero-order valence-corrected chi connectivity index (χ0v) is 12.7. The number of thiazole rings is 2. The number of nitrogens with two attached hydrogens (primary N) is 1. The highest BCUT2D eigenvalue weighted by molar-refractivity contribution is 7.13. The van der Waals surface area contributed by atoms with Gasteiger partial charge in [0.15, 0.2) is 16.5 Å².